The fourth-order valence-electron chi connectivity index (χ4n) is 2.15. The van der Waals surface area contributed by atoms with Gasteiger partial charge < -0.3 is 4.90 Å². The molecular formula is C12H25NS. The quantitative estimate of drug-likeness (QED) is 0.709. The minimum atomic E-state index is 0.364. The maximum Gasteiger partial charge on any atom is 0.00406 e. The van der Waals surface area contributed by atoms with Crippen LogP contribution in [0.15, 0.2) is 0 Å². The maximum atomic E-state index is 4.41. The van der Waals surface area contributed by atoms with Crippen molar-refractivity contribution >= 4 is 12.6 Å². The van der Waals surface area contributed by atoms with E-state index in [9.17, 15) is 0 Å². The van der Waals surface area contributed by atoms with Crippen molar-refractivity contribution in [3.63, 3.8) is 0 Å². The Balaban J connectivity index is 2.40. The van der Waals surface area contributed by atoms with E-state index >= 15 is 0 Å². The maximum absolute atomic E-state index is 4.41. The summed E-state index contributed by atoms with van der Waals surface area (Å²) in [4.78, 5) is 2.61. The Morgan fingerprint density at radius 2 is 1.93 bits per heavy atom. The highest BCUT2D eigenvalue weighted by Gasteiger charge is 2.26. The second kappa shape index (κ2) is 4.89. The van der Waals surface area contributed by atoms with E-state index in [0.29, 0.717) is 5.41 Å². The minimum absolute atomic E-state index is 0.364. The third-order valence-corrected chi connectivity index (χ3v) is 4.35. The fraction of sp³-hybridized carbons (Fsp3) is 1.00. The van der Waals surface area contributed by atoms with E-state index in [1.165, 1.54) is 26.1 Å². The van der Waals surface area contributed by atoms with E-state index in [4.69, 9.17) is 0 Å². The second-order valence-corrected chi connectivity index (χ2v) is 6.12. The normalized spacial score (nSPS) is 30.6. The molecule has 0 aromatic heterocycles. The number of hydrogen-bond donors (Lipinski definition) is 1. The van der Waals surface area contributed by atoms with Crippen LogP contribution in [0.3, 0.4) is 0 Å². The third kappa shape index (κ3) is 3.47. The van der Waals surface area contributed by atoms with Gasteiger partial charge in [0.05, 0.1) is 0 Å². The molecule has 0 aromatic rings. The van der Waals surface area contributed by atoms with E-state index in [0.717, 1.165) is 17.6 Å². The van der Waals surface area contributed by atoms with Gasteiger partial charge in [-0.25, -0.2) is 0 Å². The number of hydrogen-bond acceptors (Lipinski definition) is 2. The highest BCUT2D eigenvalue weighted by Crippen LogP contribution is 2.26. The van der Waals surface area contributed by atoms with Gasteiger partial charge in [0.1, 0.15) is 0 Å². The summed E-state index contributed by atoms with van der Waals surface area (Å²) in [6, 6.07) is 0. The van der Waals surface area contributed by atoms with Crippen LogP contribution in [0, 0.1) is 17.3 Å². The lowest BCUT2D eigenvalue weighted by Crippen LogP contribution is -2.43. The number of likely N-dealkylation sites (tertiary alicyclic amines) is 1. The molecule has 0 bridgehead atoms. The van der Waals surface area contributed by atoms with Gasteiger partial charge in [-0.15, -0.1) is 0 Å². The molecule has 1 heterocycles. The monoisotopic (exact) mass is 215 g/mol. The average molecular weight is 215 g/mol. The summed E-state index contributed by atoms with van der Waals surface area (Å²) in [5, 5.41) is 0. The zero-order chi connectivity index (χ0) is 10.8. The summed E-state index contributed by atoms with van der Waals surface area (Å²) in [6.45, 7) is 13.1. The first-order valence-electron chi connectivity index (χ1n) is 5.78. The van der Waals surface area contributed by atoms with Crippen LogP contribution < -0.4 is 0 Å². The Kier molecular flexibility index (Phi) is 4.32. The molecule has 1 saturated heterocycles. The average Bonchev–Trinajstić information content (AvgIpc) is 2.11. The van der Waals surface area contributed by atoms with Crippen molar-refractivity contribution < 1.29 is 0 Å². The molecular weight excluding hydrogens is 190 g/mol. The smallest absolute Gasteiger partial charge is 0.00406 e. The van der Waals surface area contributed by atoms with E-state index in [-0.39, 0.29) is 0 Å². The molecule has 0 aromatic carbocycles. The van der Waals surface area contributed by atoms with Gasteiger partial charge in [0.2, 0.25) is 0 Å². The first kappa shape index (κ1) is 12.4. The van der Waals surface area contributed by atoms with Crippen LogP contribution in [0.5, 0.6) is 0 Å². The largest absolute Gasteiger partial charge is 0.302 e. The Hall–Kier alpha value is 0.310. The number of piperidine rings is 1. The molecule has 0 aliphatic carbocycles. The van der Waals surface area contributed by atoms with Crippen LogP contribution in [-0.4, -0.2) is 30.3 Å². The second-order valence-electron chi connectivity index (χ2n) is 5.80. The number of nitrogens with zero attached hydrogens (tertiary/aromatic N) is 1. The van der Waals surface area contributed by atoms with Crippen molar-refractivity contribution in [2.75, 3.05) is 25.4 Å². The fourth-order valence-corrected chi connectivity index (χ4v) is 2.25. The molecule has 2 atom stereocenters. The highest BCUT2D eigenvalue weighted by molar-refractivity contribution is 7.80. The molecule has 84 valence electrons. The van der Waals surface area contributed by atoms with Crippen molar-refractivity contribution in [2.45, 2.75) is 34.1 Å². The molecule has 2 unspecified atom stereocenters. The van der Waals surface area contributed by atoms with Crippen LogP contribution in [-0.2, 0) is 0 Å². The van der Waals surface area contributed by atoms with Gasteiger partial charge in [0, 0.05) is 13.1 Å². The van der Waals surface area contributed by atoms with Crippen LogP contribution in [0.1, 0.15) is 34.1 Å². The lowest BCUT2D eigenvalue weighted by Gasteiger charge is -2.39. The van der Waals surface area contributed by atoms with Gasteiger partial charge in [-0.05, 0) is 36.0 Å². The van der Waals surface area contributed by atoms with Gasteiger partial charge in [-0.3, -0.25) is 0 Å². The van der Waals surface area contributed by atoms with Gasteiger partial charge in [0.15, 0.2) is 0 Å². The first-order chi connectivity index (χ1) is 6.44. The van der Waals surface area contributed by atoms with Gasteiger partial charge in [0.25, 0.3) is 0 Å². The number of rotatable bonds is 3. The predicted octanol–water partition coefficient (Wildman–Crippen LogP) is 2.92. The zero-order valence-corrected chi connectivity index (χ0v) is 11.0. The Morgan fingerprint density at radius 1 is 1.29 bits per heavy atom. The van der Waals surface area contributed by atoms with Crippen molar-refractivity contribution in [3.8, 4) is 0 Å². The molecule has 1 nitrogen and oxygen atoms in total. The molecule has 0 saturated carbocycles. The summed E-state index contributed by atoms with van der Waals surface area (Å²) in [5.74, 6) is 2.75. The molecule has 0 spiro atoms. The molecule has 1 fully saturated rings. The van der Waals surface area contributed by atoms with Gasteiger partial charge >= 0.3 is 0 Å². The SMILES string of the molecule is CC1CCN(CC(C)(C)CS)CC1C. The third-order valence-electron chi connectivity index (χ3n) is 3.50. The number of thiol groups is 1. The first-order valence-corrected chi connectivity index (χ1v) is 6.41. The molecule has 14 heavy (non-hydrogen) atoms. The molecule has 0 radical (unpaired) electrons. The van der Waals surface area contributed by atoms with E-state index in [2.05, 4.69) is 45.2 Å². The topological polar surface area (TPSA) is 3.24 Å². The Labute approximate surface area is 94.7 Å². The van der Waals surface area contributed by atoms with Crippen molar-refractivity contribution in [1.82, 2.24) is 4.90 Å². The van der Waals surface area contributed by atoms with E-state index < -0.39 is 0 Å². The van der Waals surface area contributed by atoms with Crippen LogP contribution in [0.2, 0.25) is 0 Å². The zero-order valence-electron chi connectivity index (χ0n) is 10.1. The van der Waals surface area contributed by atoms with Crippen molar-refractivity contribution in [2.24, 2.45) is 17.3 Å². The Bertz CT molecular complexity index is 179. The van der Waals surface area contributed by atoms with E-state index in [1.807, 2.05) is 0 Å². The molecule has 1 rings (SSSR count). The lowest BCUT2D eigenvalue weighted by molar-refractivity contribution is 0.104. The molecule has 2 heteroatoms. The van der Waals surface area contributed by atoms with Crippen LogP contribution in [0.4, 0.5) is 0 Å². The van der Waals surface area contributed by atoms with Gasteiger partial charge in [-0.2, -0.15) is 12.6 Å². The lowest BCUT2D eigenvalue weighted by atomic mass is 9.87. The summed E-state index contributed by atoms with van der Waals surface area (Å²) < 4.78 is 0. The van der Waals surface area contributed by atoms with Gasteiger partial charge in [-0.1, -0.05) is 27.7 Å². The van der Waals surface area contributed by atoms with Crippen molar-refractivity contribution in [3.05, 3.63) is 0 Å². The predicted molar refractivity (Wildman–Crippen MR) is 67.0 cm³/mol. The van der Waals surface area contributed by atoms with E-state index in [1.54, 1.807) is 0 Å². The summed E-state index contributed by atoms with van der Waals surface area (Å²) in [6.07, 6.45) is 1.36. The molecule has 0 amide bonds. The van der Waals surface area contributed by atoms with Crippen LogP contribution >= 0.6 is 12.6 Å². The summed E-state index contributed by atoms with van der Waals surface area (Å²) in [5.41, 5.74) is 0.364. The Morgan fingerprint density at radius 3 is 2.43 bits per heavy atom. The highest BCUT2D eigenvalue weighted by atomic mass is 32.1. The van der Waals surface area contributed by atoms with Crippen LogP contribution in [0.25, 0.3) is 0 Å². The van der Waals surface area contributed by atoms with Crippen molar-refractivity contribution in [1.29, 1.82) is 0 Å². The standard InChI is InChI=1S/C12H25NS/c1-10-5-6-13(7-11(10)2)8-12(3,4)9-14/h10-11,14H,5-9H2,1-4H3. The molecule has 1 aliphatic rings. The molecule has 1 aliphatic heterocycles. The minimum Gasteiger partial charge on any atom is -0.302 e. The summed E-state index contributed by atoms with van der Waals surface area (Å²) in [7, 11) is 0. The summed E-state index contributed by atoms with van der Waals surface area (Å²) >= 11 is 4.41. The molecule has 0 N–H and O–H groups in total.